The maximum Gasteiger partial charge on any atom is 0.262 e. The summed E-state index contributed by atoms with van der Waals surface area (Å²) in [7, 11) is 1.47. The second-order valence-corrected chi connectivity index (χ2v) is 8.59. The van der Waals surface area contributed by atoms with Crippen LogP contribution < -0.4 is 14.8 Å². The number of halogens is 3. The number of methoxy groups -OCH3 is 1. The number of nitrogens with zero attached hydrogens (tertiary/aromatic N) is 1. The smallest absolute Gasteiger partial charge is 0.262 e. The lowest BCUT2D eigenvalue weighted by molar-refractivity contribution is -0.117. The highest BCUT2D eigenvalue weighted by Crippen LogP contribution is 2.38. The SMILES string of the molecule is COc1cc(/C=C(\C#N)C(=O)N[C@@H](C)c2ccccc2)cc(Cl)c1OCc1ccc(Cl)cc1Cl. The van der Waals surface area contributed by atoms with Gasteiger partial charge in [-0.2, -0.15) is 5.26 Å². The molecule has 0 spiro atoms. The van der Waals surface area contributed by atoms with Crippen LogP contribution in [0.2, 0.25) is 15.1 Å². The van der Waals surface area contributed by atoms with Gasteiger partial charge in [-0.25, -0.2) is 0 Å². The van der Waals surface area contributed by atoms with E-state index in [0.29, 0.717) is 27.1 Å². The van der Waals surface area contributed by atoms with Gasteiger partial charge >= 0.3 is 0 Å². The molecule has 0 saturated carbocycles. The first-order valence-electron chi connectivity index (χ1n) is 10.2. The minimum atomic E-state index is -0.494. The summed E-state index contributed by atoms with van der Waals surface area (Å²) in [6.45, 7) is 1.99. The van der Waals surface area contributed by atoms with Gasteiger partial charge in [0, 0.05) is 15.6 Å². The zero-order valence-electron chi connectivity index (χ0n) is 18.4. The highest BCUT2D eigenvalue weighted by molar-refractivity contribution is 6.35. The number of carbonyl (C=O) groups is 1. The van der Waals surface area contributed by atoms with E-state index >= 15 is 0 Å². The fourth-order valence-corrected chi connectivity index (χ4v) is 3.90. The van der Waals surface area contributed by atoms with Crippen LogP contribution in [0, 0.1) is 11.3 Å². The Kier molecular flexibility index (Phi) is 8.84. The van der Waals surface area contributed by atoms with Gasteiger partial charge in [-0.15, -0.1) is 0 Å². The lowest BCUT2D eigenvalue weighted by atomic mass is 10.1. The molecule has 34 heavy (non-hydrogen) atoms. The lowest BCUT2D eigenvalue weighted by Crippen LogP contribution is -2.27. The Morgan fingerprint density at radius 3 is 2.47 bits per heavy atom. The van der Waals surface area contributed by atoms with Crippen LogP contribution in [0.15, 0.2) is 66.2 Å². The van der Waals surface area contributed by atoms with E-state index in [0.717, 1.165) is 11.1 Å². The predicted molar refractivity (Wildman–Crippen MR) is 135 cm³/mol. The second-order valence-electron chi connectivity index (χ2n) is 7.33. The Morgan fingerprint density at radius 2 is 1.82 bits per heavy atom. The molecular formula is C26H21Cl3N2O3. The third-order valence-corrected chi connectivity index (χ3v) is 5.83. The van der Waals surface area contributed by atoms with Crippen molar-refractivity contribution in [2.75, 3.05) is 7.11 Å². The highest BCUT2D eigenvalue weighted by Gasteiger charge is 2.16. The normalized spacial score (nSPS) is 11.9. The topological polar surface area (TPSA) is 71.3 Å². The van der Waals surface area contributed by atoms with Crippen LogP contribution in [0.3, 0.4) is 0 Å². The van der Waals surface area contributed by atoms with E-state index in [1.54, 1.807) is 30.3 Å². The molecule has 0 aliphatic rings. The Morgan fingerprint density at radius 1 is 1.09 bits per heavy atom. The largest absolute Gasteiger partial charge is 0.493 e. The van der Waals surface area contributed by atoms with E-state index in [4.69, 9.17) is 44.3 Å². The number of hydrogen-bond donors (Lipinski definition) is 1. The second kappa shape index (κ2) is 11.8. The van der Waals surface area contributed by atoms with Crippen molar-refractivity contribution in [1.29, 1.82) is 5.26 Å². The van der Waals surface area contributed by atoms with Crippen molar-refractivity contribution in [3.05, 3.63) is 98.0 Å². The summed E-state index contributed by atoms with van der Waals surface area (Å²) in [4.78, 5) is 12.7. The van der Waals surface area contributed by atoms with Gasteiger partial charge in [0.25, 0.3) is 5.91 Å². The number of nitrogens with one attached hydrogen (secondary N) is 1. The summed E-state index contributed by atoms with van der Waals surface area (Å²) in [6, 6.07) is 19.5. The zero-order valence-corrected chi connectivity index (χ0v) is 20.7. The number of hydrogen-bond acceptors (Lipinski definition) is 4. The quantitative estimate of drug-likeness (QED) is 0.258. The van der Waals surface area contributed by atoms with Crippen LogP contribution in [-0.4, -0.2) is 13.0 Å². The maximum atomic E-state index is 12.7. The van der Waals surface area contributed by atoms with E-state index in [1.807, 2.05) is 43.3 Å². The molecule has 0 heterocycles. The van der Waals surface area contributed by atoms with Crippen LogP contribution in [0.25, 0.3) is 6.08 Å². The lowest BCUT2D eigenvalue weighted by Gasteiger charge is -2.15. The van der Waals surface area contributed by atoms with Crippen LogP contribution in [0.4, 0.5) is 0 Å². The number of rotatable bonds is 8. The molecule has 0 radical (unpaired) electrons. The van der Waals surface area contributed by atoms with Gasteiger partial charge in [-0.1, -0.05) is 71.2 Å². The average molecular weight is 516 g/mol. The Bertz CT molecular complexity index is 1250. The van der Waals surface area contributed by atoms with Gasteiger partial charge in [0.05, 0.1) is 18.2 Å². The van der Waals surface area contributed by atoms with Crippen LogP contribution in [-0.2, 0) is 11.4 Å². The van der Waals surface area contributed by atoms with Crippen molar-refractivity contribution < 1.29 is 14.3 Å². The maximum absolute atomic E-state index is 12.7. The monoisotopic (exact) mass is 514 g/mol. The third kappa shape index (κ3) is 6.45. The first-order valence-corrected chi connectivity index (χ1v) is 11.4. The summed E-state index contributed by atoms with van der Waals surface area (Å²) < 4.78 is 11.3. The number of nitriles is 1. The average Bonchev–Trinajstić information content (AvgIpc) is 2.82. The van der Waals surface area contributed by atoms with Gasteiger partial charge in [-0.3, -0.25) is 4.79 Å². The predicted octanol–water partition coefficient (Wildman–Crippen LogP) is 7.02. The molecule has 0 bridgehead atoms. The molecule has 0 fully saturated rings. The van der Waals surface area contributed by atoms with Gasteiger partial charge in [0.2, 0.25) is 0 Å². The molecule has 174 valence electrons. The fraction of sp³-hybridized carbons (Fsp3) is 0.154. The summed E-state index contributed by atoms with van der Waals surface area (Å²) in [5.74, 6) is 0.166. The molecule has 3 aromatic rings. The van der Waals surface area contributed by atoms with E-state index in [1.165, 1.54) is 13.2 Å². The third-order valence-electron chi connectivity index (χ3n) is 4.96. The first kappa shape index (κ1) is 25.5. The molecule has 1 atom stereocenters. The summed E-state index contributed by atoms with van der Waals surface area (Å²) >= 11 is 18.6. The van der Waals surface area contributed by atoms with Crippen molar-refractivity contribution in [2.24, 2.45) is 0 Å². The molecule has 1 amide bonds. The van der Waals surface area contributed by atoms with Crippen molar-refractivity contribution in [2.45, 2.75) is 19.6 Å². The number of amides is 1. The fourth-order valence-electron chi connectivity index (χ4n) is 3.17. The summed E-state index contributed by atoms with van der Waals surface area (Å²) in [6.07, 6.45) is 1.45. The van der Waals surface area contributed by atoms with Gasteiger partial charge in [-0.05, 0) is 48.4 Å². The van der Waals surface area contributed by atoms with E-state index in [2.05, 4.69) is 5.32 Å². The van der Waals surface area contributed by atoms with Crippen molar-refractivity contribution in [1.82, 2.24) is 5.32 Å². The first-order chi connectivity index (χ1) is 16.3. The molecule has 0 saturated heterocycles. The van der Waals surface area contributed by atoms with Crippen molar-refractivity contribution >= 4 is 46.8 Å². The summed E-state index contributed by atoms with van der Waals surface area (Å²) in [5.41, 5.74) is 2.10. The van der Waals surface area contributed by atoms with Crippen LogP contribution in [0.5, 0.6) is 11.5 Å². The molecule has 3 rings (SSSR count). The molecule has 0 aliphatic carbocycles. The number of benzene rings is 3. The molecule has 5 nitrogen and oxygen atoms in total. The van der Waals surface area contributed by atoms with E-state index in [9.17, 15) is 10.1 Å². The summed E-state index contributed by atoms with van der Waals surface area (Å²) in [5, 5.41) is 13.6. The Labute approximate surface area is 213 Å². The Balaban J connectivity index is 1.80. The number of ether oxygens (including phenoxy) is 2. The molecule has 0 unspecified atom stereocenters. The number of carbonyl (C=O) groups excluding carboxylic acids is 1. The zero-order chi connectivity index (χ0) is 24.7. The highest BCUT2D eigenvalue weighted by atomic mass is 35.5. The molecule has 8 heteroatoms. The molecule has 1 N–H and O–H groups in total. The van der Waals surface area contributed by atoms with Crippen molar-refractivity contribution in [3.63, 3.8) is 0 Å². The molecule has 3 aromatic carbocycles. The molecule has 0 aromatic heterocycles. The minimum absolute atomic E-state index is 0.0671. The van der Waals surface area contributed by atoms with Crippen LogP contribution in [0.1, 0.15) is 29.7 Å². The van der Waals surface area contributed by atoms with Gasteiger partial charge in [0.15, 0.2) is 11.5 Å². The van der Waals surface area contributed by atoms with Gasteiger partial charge in [0.1, 0.15) is 18.2 Å². The van der Waals surface area contributed by atoms with E-state index in [-0.39, 0.29) is 23.2 Å². The van der Waals surface area contributed by atoms with E-state index < -0.39 is 5.91 Å². The Hall–Kier alpha value is -3.17. The standard InChI is InChI=1S/C26H21Cl3N2O3/c1-16(18-6-4-3-5-7-18)31-26(32)20(14-30)10-17-11-23(29)25(24(12-17)33-2)34-15-19-8-9-21(27)13-22(19)28/h3-13,16H,15H2,1-2H3,(H,31,32)/b20-10+/t16-/m0/s1. The van der Waals surface area contributed by atoms with Gasteiger partial charge < -0.3 is 14.8 Å². The molecule has 0 aliphatic heterocycles. The molecular weight excluding hydrogens is 495 g/mol. The van der Waals surface area contributed by atoms with Crippen LogP contribution >= 0.6 is 34.8 Å². The minimum Gasteiger partial charge on any atom is -0.493 e. The van der Waals surface area contributed by atoms with Crippen molar-refractivity contribution in [3.8, 4) is 17.6 Å².